The highest BCUT2D eigenvalue weighted by Gasteiger charge is 2.29. The Balaban J connectivity index is 3.14. The van der Waals surface area contributed by atoms with Gasteiger partial charge in [0, 0.05) is 5.02 Å². The van der Waals surface area contributed by atoms with Crippen molar-refractivity contribution < 1.29 is 14.3 Å². The van der Waals surface area contributed by atoms with Gasteiger partial charge in [0.05, 0.1) is 6.61 Å². The highest BCUT2D eigenvalue weighted by molar-refractivity contribution is 6.31. The second-order valence-electron chi connectivity index (χ2n) is 3.98. The van der Waals surface area contributed by atoms with Crippen LogP contribution in [0.25, 0.3) is 0 Å². The Labute approximate surface area is 116 Å². The second kappa shape index (κ2) is 6.99. The van der Waals surface area contributed by atoms with E-state index in [0.29, 0.717) is 10.6 Å². The number of benzene rings is 1. The Morgan fingerprint density at radius 3 is 2.68 bits per heavy atom. The molecule has 19 heavy (non-hydrogen) atoms. The number of carbonyl (C=O) groups excluding carboxylic acids is 2. The van der Waals surface area contributed by atoms with Gasteiger partial charge in [-0.15, -0.1) is 0 Å². The maximum Gasteiger partial charge on any atom is 0.321 e. The maximum atomic E-state index is 11.9. The third-order valence-electron chi connectivity index (χ3n) is 2.61. The van der Waals surface area contributed by atoms with Crippen LogP contribution in [0.3, 0.4) is 0 Å². The fourth-order valence-corrected chi connectivity index (χ4v) is 1.83. The fourth-order valence-electron chi connectivity index (χ4n) is 1.64. The summed E-state index contributed by atoms with van der Waals surface area (Å²) in [5.41, 5.74) is 8.05. The number of hydrogen-bond acceptors (Lipinski definition) is 5. The first kappa shape index (κ1) is 15.3. The van der Waals surface area contributed by atoms with Crippen molar-refractivity contribution in [3.8, 4) is 0 Å². The summed E-state index contributed by atoms with van der Waals surface area (Å²) in [7, 11) is 0. The van der Waals surface area contributed by atoms with Gasteiger partial charge >= 0.3 is 5.97 Å². The van der Waals surface area contributed by atoms with Crippen LogP contribution in [-0.4, -0.2) is 24.9 Å². The van der Waals surface area contributed by atoms with Crippen molar-refractivity contribution in [1.29, 1.82) is 5.53 Å². The summed E-state index contributed by atoms with van der Waals surface area (Å²) in [4.78, 5) is 23.8. The molecule has 1 atom stereocenters. The molecule has 0 spiro atoms. The van der Waals surface area contributed by atoms with E-state index in [9.17, 15) is 9.59 Å². The molecule has 1 aromatic rings. The van der Waals surface area contributed by atoms with Gasteiger partial charge < -0.3 is 4.74 Å². The van der Waals surface area contributed by atoms with E-state index in [4.69, 9.17) is 21.9 Å². The largest absolute Gasteiger partial charge is 0.465 e. The van der Waals surface area contributed by atoms with Crippen molar-refractivity contribution >= 4 is 23.4 Å². The number of carbonyl (C=O) groups is 2. The van der Waals surface area contributed by atoms with Gasteiger partial charge in [-0.2, -0.15) is 5.11 Å². The quantitative estimate of drug-likeness (QED) is 0.495. The average molecular weight is 283 g/mol. The maximum absolute atomic E-state index is 11.9. The Morgan fingerprint density at radius 1 is 1.47 bits per heavy atom. The van der Waals surface area contributed by atoms with Crippen molar-refractivity contribution in [2.24, 2.45) is 5.11 Å². The summed E-state index contributed by atoms with van der Waals surface area (Å²) < 4.78 is 4.89. The highest BCUT2D eigenvalue weighted by Crippen LogP contribution is 2.24. The minimum absolute atomic E-state index is 0.181. The molecule has 0 saturated carbocycles. The lowest BCUT2D eigenvalue weighted by atomic mass is 9.94. The molecule has 0 aliphatic carbocycles. The first-order chi connectivity index (χ1) is 9.01. The van der Waals surface area contributed by atoms with Gasteiger partial charge in [-0.05, 0) is 31.0 Å². The molecule has 0 radical (unpaired) electrons. The SMILES string of the molecule is CCOC(=O)C(C(=O)CN=N)c1ccc(C)c(Cl)c1. The van der Waals surface area contributed by atoms with Crippen LogP contribution in [0.1, 0.15) is 24.0 Å². The molecule has 0 saturated heterocycles. The number of rotatable bonds is 6. The summed E-state index contributed by atoms with van der Waals surface area (Å²) in [5.74, 6) is -2.20. The molecule has 0 heterocycles. The van der Waals surface area contributed by atoms with E-state index in [1.807, 2.05) is 6.92 Å². The molecule has 0 bridgehead atoms. The van der Waals surface area contributed by atoms with Crippen LogP contribution in [0.4, 0.5) is 0 Å². The molecule has 0 aliphatic heterocycles. The van der Waals surface area contributed by atoms with Gasteiger partial charge in [0.1, 0.15) is 12.5 Å². The number of aryl methyl sites for hydroxylation is 1. The number of ether oxygens (including phenoxy) is 1. The Hall–Kier alpha value is -1.75. The lowest BCUT2D eigenvalue weighted by molar-refractivity contribution is -0.147. The Kier molecular flexibility index (Phi) is 5.63. The Morgan fingerprint density at radius 2 is 2.16 bits per heavy atom. The van der Waals surface area contributed by atoms with Gasteiger partial charge in [0.2, 0.25) is 0 Å². The Bertz CT molecular complexity index is 503. The lowest BCUT2D eigenvalue weighted by Crippen LogP contribution is -2.26. The molecule has 0 aromatic heterocycles. The van der Waals surface area contributed by atoms with Gasteiger partial charge in [-0.1, -0.05) is 23.7 Å². The van der Waals surface area contributed by atoms with Crippen molar-refractivity contribution in [2.45, 2.75) is 19.8 Å². The fraction of sp³-hybridized carbons (Fsp3) is 0.385. The summed E-state index contributed by atoms with van der Waals surface area (Å²) in [5, 5.41) is 3.50. The molecule has 0 aliphatic rings. The number of halogens is 1. The molecule has 1 rings (SSSR count). The topological polar surface area (TPSA) is 79.6 Å². The van der Waals surface area contributed by atoms with Gasteiger partial charge in [-0.25, -0.2) is 5.53 Å². The van der Waals surface area contributed by atoms with E-state index in [1.165, 1.54) is 0 Å². The van der Waals surface area contributed by atoms with Crippen LogP contribution in [0.2, 0.25) is 5.02 Å². The zero-order valence-electron chi connectivity index (χ0n) is 10.8. The average Bonchev–Trinajstić information content (AvgIpc) is 2.34. The van der Waals surface area contributed by atoms with E-state index >= 15 is 0 Å². The molecular weight excluding hydrogens is 268 g/mol. The summed E-state index contributed by atoms with van der Waals surface area (Å²) in [6, 6.07) is 4.96. The van der Waals surface area contributed by atoms with Crippen molar-refractivity contribution in [3.63, 3.8) is 0 Å². The standard InChI is InChI=1S/C13H15ClN2O3/c1-3-19-13(18)12(11(17)7-16-15)9-5-4-8(2)10(14)6-9/h4-6,12,15H,3,7H2,1-2H3. The van der Waals surface area contributed by atoms with E-state index in [2.05, 4.69) is 5.11 Å². The van der Waals surface area contributed by atoms with E-state index in [0.717, 1.165) is 5.56 Å². The zero-order valence-corrected chi connectivity index (χ0v) is 11.5. The summed E-state index contributed by atoms with van der Waals surface area (Å²) in [6.07, 6.45) is 0. The minimum Gasteiger partial charge on any atom is -0.465 e. The monoisotopic (exact) mass is 282 g/mol. The van der Waals surface area contributed by atoms with Crippen molar-refractivity contribution in [1.82, 2.24) is 0 Å². The smallest absolute Gasteiger partial charge is 0.321 e. The van der Waals surface area contributed by atoms with Crippen LogP contribution in [-0.2, 0) is 14.3 Å². The predicted octanol–water partition coefficient (Wildman–Crippen LogP) is 2.90. The van der Waals surface area contributed by atoms with Crippen LogP contribution in [0.5, 0.6) is 0 Å². The normalized spacial score (nSPS) is 11.7. The second-order valence-corrected chi connectivity index (χ2v) is 4.38. The highest BCUT2D eigenvalue weighted by atomic mass is 35.5. The molecule has 1 aromatic carbocycles. The molecule has 0 fully saturated rings. The molecule has 1 N–H and O–H groups in total. The number of nitrogens with one attached hydrogen (secondary N) is 1. The molecule has 1 unspecified atom stereocenters. The zero-order chi connectivity index (χ0) is 14.4. The molecule has 6 heteroatoms. The predicted molar refractivity (Wildman–Crippen MR) is 70.6 cm³/mol. The number of esters is 1. The van der Waals surface area contributed by atoms with E-state index < -0.39 is 17.7 Å². The molecule has 0 amide bonds. The van der Waals surface area contributed by atoms with Gasteiger partial charge in [-0.3, -0.25) is 9.59 Å². The summed E-state index contributed by atoms with van der Waals surface area (Å²) in [6.45, 7) is 3.32. The lowest BCUT2D eigenvalue weighted by Gasteiger charge is -2.14. The summed E-state index contributed by atoms with van der Waals surface area (Å²) >= 11 is 6.00. The minimum atomic E-state index is -1.08. The third-order valence-corrected chi connectivity index (χ3v) is 3.02. The van der Waals surface area contributed by atoms with Crippen molar-refractivity contribution in [2.75, 3.05) is 13.2 Å². The van der Waals surface area contributed by atoms with E-state index in [1.54, 1.807) is 25.1 Å². The van der Waals surface area contributed by atoms with Crippen LogP contribution < -0.4 is 0 Å². The molecule has 5 nitrogen and oxygen atoms in total. The molecular formula is C13H15ClN2O3. The first-order valence-corrected chi connectivity index (χ1v) is 6.17. The van der Waals surface area contributed by atoms with Crippen LogP contribution in [0.15, 0.2) is 23.3 Å². The molecule has 102 valence electrons. The van der Waals surface area contributed by atoms with Crippen LogP contribution in [0, 0.1) is 12.5 Å². The van der Waals surface area contributed by atoms with Gasteiger partial charge in [0.25, 0.3) is 0 Å². The third kappa shape index (κ3) is 3.86. The number of hydrogen-bond donors (Lipinski definition) is 1. The van der Waals surface area contributed by atoms with Crippen LogP contribution >= 0.6 is 11.6 Å². The number of Topliss-reactive ketones (excluding diaryl/α,β-unsaturated/α-hetero) is 1. The van der Waals surface area contributed by atoms with Gasteiger partial charge in [0.15, 0.2) is 5.78 Å². The number of nitrogens with zero attached hydrogens (tertiary/aromatic N) is 1. The first-order valence-electron chi connectivity index (χ1n) is 5.79. The van der Waals surface area contributed by atoms with Crippen molar-refractivity contribution in [3.05, 3.63) is 34.3 Å². The van der Waals surface area contributed by atoms with E-state index in [-0.39, 0.29) is 13.2 Å². The number of ketones is 1.